The number of hydrogen-bond donors (Lipinski definition) is 1. The number of alkyl halides is 3. The summed E-state index contributed by atoms with van der Waals surface area (Å²) in [6.45, 7) is 0.938. The third-order valence-electron chi connectivity index (χ3n) is 2.52. The summed E-state index contributed by atoms with van der Waals surface area (Å²) in [6.07, 6.45) is 1.22. The molecule has 1 aromatic heterocycles. The number of nitrogens with one attached hydrogen (secondary N) is 1. The second-order valence-electron chi connectivity index (χ2n) is 3.56. The Morgan fingerprint density at radius 1 is 1.50 bits per heavy atom. The standard InChI is InChI=1S/C10H10F3N3/c1-2-5-16-8-3-4-14-6-7(8)9(15-16)10(11,12)13/h1,14H,3-6H2. The van der Waals surface area contributed by atoms with Crippen molar-refractivity contribution in [3.63, 3.8) is 0 Å². The fourth-order valence-electron chi connectivity index (χ4n) is 1.86. The van der Waals surface area contributed by atoms with Gasteiger partial charge in [0, 0.05) is 30.8 Å². The molecule has 0 amide bonds. The Morgan fingerprint density at radius 3 is 2.88 bits per heavy atom. The molecule has 0 fully saturated rings. The molecule has 1 aliphatic heterocycles. The van der Waals surface area contributed by atoms with E-state index < -0.39 is 11.9 Å². The minimum absolute atomic E-state index is 0.0818. The minimum atomic E-state index is -4.41. The minimum Gasteiger partial charge on any atom is -0.312 e. The molecule has 0 bridgehead atoms. The molecule has 0 atom stereocenters. The largest absolute Gasteiger partial charge is 0.435 e. The maximum atomic E-state index is 12.7. The highest BCUT2D eigenvalue weighted by Gasteiger charge is 2.39. The van der Waals surface area contributed by atoms with E-state index >= 15 is 0 Å². The molecule has 3 nitrogen and oxygen atoms in total. The van der Waals surface area contributed by atoms with Gasteiger partial charge in [0.25, 0.3) is 0 Å². The predicted molar refractivity (Wildman–Crippen MR) is 51.5 cm³/mol. The molecule has 1 N–H and O–H groups in total. The van der Waals surface area contributed by atoms with Crippen LogP contribution in [0.15, 0.2) is 0 Å². The monoisotopic (exact) mass is 229 g/mol. The van der Waals surface area contributed by atoms with Crippen LogP contribution in [0.5, 0.6) is 0 Å². The van der Waals surface area contributed by atoms with Crippen molar-refractivity contribution in [3.8, 4) is 12.3 Å². The van der Waals surface area contributed by atoms with Gasteiger partial charge in [0.05, 0.1) is 0 Å². The molecule has 2 rings (SSSR count). The van der Waals surface area contributed by atoms with Crippen molar-refractivity contribution in [2.45, 2.75) is 25.7 Å². The first-order valence-corrected chi connectivity index (χ1v) is 4.84. The lowest BCUT2D eigenvalue weighted by Gasteiger charge is -2.15. The lowest BCUT2D eigenvalue weighted by molar-refractivity contribution is -0.142. The zero-order valence-corrected chi connectivity index (χ0v) is 8.43. The summed E-state index contributed by atoms with van der Waals surface area (Å²) in [6, 6.07) is 0. The van der Waals surface area contributed by atoms with Gasteiger partial charge in [-0.25, -0.2) is 0 Å². The molecule has 16 heavy (non-hydrogen) atoms. The van der Waals surface area contributed by atoms with Gasteiger partial charge in [-0.2, -0.15) is 18.3 Å². The molecule has 0 spiro atoms. The zero-order valence-electron chi connectivity index (χ0n) is 8.43. The van der Waals surface area contributed by atoms with Gasteiger partial charge in [0.15, 0.2) is 5.69 Å². The molecular weight excluding hydrogens is 219 g/mol. The van der Waals surface area contributed by atoms with Gasteiger partial charge in [-0.3, -0.25) is 4.68 Å². The van der Waals surface area contributed by atoms with Gasteiger partial charge in [-0.15, -0.1) is 6.42 Å². The van der Waals surface area contributed by atoms with Crippen LogP contribution >= 0.6 is 0 Å². The Labute approximate surface area is 90.6 Å². The fourth-order valence-corrected chi connectivity index (χ4v) is 1.86. The second-order valence-corrected chi connectivity index (χ2v) is 3.56. The number of halogens is 3. The third-order valence-corrected chi connectivity index (χ3v) is 2.52. The number of aromatic nitrogens is 2. The maximum Gasteiger partial charge on any atom is 0.435 e. The van der Waals surface area contributed by atoms with Crippen LogP contribution in [0.3, 0.4) is 0 Å². The van der Waals surface area contributed by atoms with E-state index in [4.69, 9.17) is 6.42 Å². The molecular formula is C10H10F3N3. The highest BCUT2D eigenvalue weighted by Crippen LogP contribution is 2.33. The first-order valence-electron chi connectivity index (χ1n) is 4.84. The normalized spacial score (nSPS) is 15.6. The van der Waals surface area contributed by atoms with Gasteiger partial charge in [0.1, 0.15) is 6.54 Å². The molecule has 1 aliphatic rings. The number of hydrogen-bond acceptors (Lipinski definition) is 2. The molecule has 1 aromatic rings. The SMILES string of the molecule is C#CCn1nc(C(F)(F)F)c2c1CCNC2. The average molecular weight is 229 g/mol. The van der Waals surface area contributed by atoms with Crippen LogP contribution in [-0.2, 0) is 25.7 Å². The van der Waals surface area contributed by atoms with E-state index in [2.05, 4.69) is 16.3 Å². The van der Waals surface area contributed by atoms with E-state index in [1.54, 1.807) is 0 Å². The Bertz CT molecular complexity index is 439. The summed E-state index contributed by atoms with van der Waals surface area (Å²) in [5.41, 5.74) is 0.0166. The van der Waals surface area contributed by atoms with Crippen LogP contribution in [0.25, 0.3) is 0 Å². The Morgan fingerprint density at radius 2 is 2.25 bits per heavy atom. The maximum absolute atomic E-state index is 12.7. The van der Waals surface area contributed by atoms with Crippen molar-refractivity contribution in [1.29, 1.82) is 0 Å². The van der Waals surface area contributed by atoms with Gasteiger partial charge in [0.2, 0.25) is 0 Å². The first-order chi connectivity index (χ1) is 7.54. The van der Waals surface area contributed by atoms with Crippen molar-refractivity contribution >= 4 is 0 Å². The number of nitrogens with zero attached hydrogens (tertiary/aromatic N) is 2. The Kier molecular flexibility index (Phi) is 2.64. The fraction of sp³-hybridized carbons (Fsp3) is 0.500. The smallest absolute Gasteiger partial charge is 0.312 e. The van der Waals surface area contributed by atoms with Crippen molar-refractivity contribution < 1.29 is 13.2 Å². The molecule has 0 radical (unpaired) electrons. The van der Waals surface area contributed by atoms with E-state index in [0.29, 0.717) is 18.7 Å². The Hall–Kier alpha value is -1.48. The summed E-state index contributed by atoms with van der Waals surface area (Å²) in [4.78, 5) is 0. The van der Waals surface area contributed by atoms with E-state index in [1.807, 2.05) is 0 Å². The van der Waals surface area contributed by atoms with E-state index in [-0.39, 0.29) is 18.7 Å². The molecule has 2 heterocycles. The third kappa shape index (κ3) is 1.78. The molecule has 0 saturated carbocycles. The molecule has 0 aliphatic carbocycles. The molecule has 0 unspecified atom stereocenters. The average Bonchev–Trinajstić information content (AvgIpc) is 2.58. The van der Waals surface area contributed by atoms with Crippen molar-refractivity contribution in [2.24, 2.45) is 0 Å². The summed E-state index contributed by atoms with van der Waals surface area (Å²) >= 11 is 0. The van der Waals surface area contributed by atoms with Gasteiger partial charge < -0.3 is 5.32 Å². The highest BCUT2D eigenvalue weighted by molar-refractivity contribution is 5.31. The van der Waals surface area contributed by atoms with Gasteiger partial charge in [-0.05, 0) is 0 Å². The van der Waals surface area contributed by atoms with Crippen molar-refractivity contribution in [1.82, 2.24) is 15.1 Å². The van der Waals surface area contributed by atoms with Gasteiger partial charge in [-0.1, -0.05) is 5.92 Å². The van der Waals surface area contributed by atoms with Crippen LogP contribution in [0, 0.1) is 12.3 Å². The zero-order chi connectivity index (χ0) is 11.8. The number of rotatable bonds is 1. The topological polar surface area (TPSA) is 29.9 Å². The summed E-state index contributed by atoms with van der Waals surface area (Å²) < 4.78 is 39.3. The molecule has 0 aromatic carbocycles. The molecule has 6 heteroatoms. The van der Waals surface area contributed by atoms with E-state index in [0.717, 1.165) is 0 Å². The molecule has 0 saturated heterocycles. The van der Waals surface area contributed by atoms with Crippen LogP contribution in [0.4, 0.5) is 13.2 Å². The van der Waals surface area contributed by atoms with Crippen LogP contribution in [0.1, 0.15) is 17.0 Å². The van der Waals surface area contributed by atoms with Gasteiger partial charge >= 0.3 is 6.18 Å². The van der Waals surface area contributed by atoms with E-state index in [9.17, 15) is 13.2 Å². The van der Waals surface area contributed by atoms with E-state index in [1.165, 1.54) is 4.68 Å². The highest BCUT2D eigenvalue weighted by atomic mass is 19.4. The summed E-state index contributed by atoms with van der Waals surface area (Å²) in [5.74, 6) is 2.31. The number of fused-ring (bicyclic) bond motifs is 1. The summed E-state index contributed by atoms with van der Waals surface area (Å²) in [7, 11) is 0. The number of terminal acetylenes is 1. The quantitative estimate of drug-likeness (QED) is 0.733. The lowest BCUT2D eigenvalue weighted by atomic mass is 10.1. The summed E-state index contributed by atoms with van der Waals surface area (Å²) in [5, 5.41) is 6.47. The van der Waals surface area contributed by atoms with Crippen molar-refractivity contribution in [2.75, 3.05) is 6.54 Å². The van der Waals surface area contributed by atoms with Crippen molar-refractivity contribution in [3.05, 3.63) is 17.0 Å². The van der Waals surface area contributed by atoms with Crippen LogP contribution < -0.4 is 5.32 Å². The first kappa shape index (κ1) is 11.0. The second kappa shape index (κ2) is 3.83. The Balaban J connectivity index is 2.51. The lowest BCUT2D eigenvalue weighted by Crippen LogP contribution is -2.26. The molecule has 86 valence electrons. The van der Waals surface area contributed by atoms with Crippen LogP contribution in [0.2, 0.25) is 0 Å². The predicted octanol–water partition coefficient (Wildman–Crippen LogP) is 1.18. The van der Waals surface area contributed by atoms with Crippen LogP contribution in [-0.4, -0.2) is 16.3 Å².